The van der Waals surface area contributed by atoms with Crippen molar-refractivity contribution < 1.29 is 4.39 Å². The van der Waals surface area contributed by atoms with Crippen molar-refractivity contribution in [2.45, 2.75) is 44.8 Å². The highest BCUT2D eigenvalue weighted by Crippen LogP contribution is 2.38. The lowest BCUT2D eigenvalue weighted by atomic mass is 10.1. The van der Waals surface area contributed by atoms with Gasteiger partial charge in [0.15, 0.2) is 0 Å². The van der Waals surface area contributed by atoms with E-state index in [2.05, 4.69) is 19.5 Å². The van der Waals surface area contributed by atoms with Crippen LogP contribution < -0.4 is 0 Å². The number of aryl methyl sites for hydroxylation is 1. The number of hydrogen-bond donors (Lipinski definition) is 0. The van der Waals surface area contributed by atoms with Crippen molar-refractivity contribution in [2.24, 2.45) is 0 Å². The summed E-state index contributed by atoms with van der Waals surface area (Å²) < 4.78 is 16.2. The molecule has 142 valence electrons. The fraction of sp³-hybridized carbons (Fsp3) is 0.333. The van der Waals surface area contributed by atoms with Crippen LogP contribution >= 0.6 is 11.6 Å². The van der Waals surface area contributed by atoms with Gasteiger partial charge in [-0.2, -0.15) is 0 Å². The number of benzene rings is 1. The molecule has 1 aliphatic rings. The second kappa shape index (κ2) is 6.78. The monoisotopic (exact) mass is 395 g/mol. The first-order valence-electron chi connectivity index (χ1n) is 9.45. The summed E-state index contributed by atoms with van der Waals surface area (Å²) in [4.78, 5) is 18.2. The van der Waals surface area contributed by atoms with Gasteiger partial charge in [0, 0.05) is 35.3 Å². The first-order valence-corrected chi connectivity index (χ1v) is 9.83. The van der Waals surface area contributed by atoms with Gasteiger partial charge in [0.2, 0.25) is 0 Å². The number of alkyl halides is 1. The Morgan fingerprint density at radius 1 is 1.11 bits per heavy atom. The Hall–Kier alpha value is -2.60. The Morgan fingerprint density at radius 2 is 2.00 bits per heavy atom. The molecule has 1 aliphatic carbocycles. The Labute approximate surface area is 166 Å². The Kier molecular flexibility index (Phi) is 4.23. The Bertz CT molecular complexity index is 1170. The molecule has 4 aromatic rings. The van der Waals surface area contributed by atoms with E-state index in [-0.39, 0.29) is 6.04 Å². The quantitative estimate of drug-likeness (QED) is 0.490. The highest BCUT2D eigenvalue weighted by atomic mass is 35.5. The number of rotatable bonds is 3. The van der Waals surface area contributed by atoms with E-state index in [1.165, 1.54) is 0 Å². The molecule has 5 rings (SSSR count). The molecule has 0 amide bonds. The summed E-state index contributed by atoms with van der Waals surface area (Å²) in [5.74, 6) is 0.863. The predicted molar refractivity (Wildman–Crippen MR) is 107 cm³/mol. The van der Waals surface area contributed by atoms with E-state index < -0.39 is 6.17 Å². The zero-order valence-corrected chi connectivity index (χ0v) is 16.2. The minimum Gasteiger partial charge on any atom is -0.324 e. The molecule has 0 unspecified atom stereocenters. The van der Waals surface area contributed by atoms with Crippen LogP contribution in [-0.4, -0.2) is 30.7 Å². The molecule has 7 heteroatoms. The summed E-state index contributed by atoms with van der Waals surface area (Å²) in [5.41, 5.74) is 4.34. The summed E-state index contributed by atoms with van der Waals surface area (Å²) in [5, 5.41) is 1.59. The van der Waals surface area contributed by atoms with E-state index in [0.717, 1.165) is 45.6 Å². The molecule has 5 nitrogen and oxygen atoms in total. The summed E-state index contributed by atoms with van der Waals surface area (Å²) in [6.45, 7) is 1.91. The highest BCUT2D eigenvalue weighted by molar-refractivity contribution is 6.31. The van der Waals surface area contributed by atoms with Gasteiger partial charge in [-0.1, -0.05) is 11.6 Å². The maximum Gasteiger partial charge on any atom is 0.116 e. The van der Waals surface area contributed by atoms with Gasteiger partial charge in [-0.25, -0.2) is 9.37 Å². The number of nitrogens with zero attached hydrogens (tertiary/aromatic N) is 5. The molecule has 1 fully saturated rings. The van der Waals surface area contributed by atoms with Crippen LogP contribution in [0.1, 0.15) is 42.5 Å². The highest BCUT2D eigenvalue weighted by Gasteiger charge is 2.29. The third-order valence-electron chi connectivity index (χ3n) is 5.43. The zero-order valence-electron chi connectivity index (χ0n) is 15.4. The van der Waals surface area contributed by atoms with Crippen LogP contribution in [0.3, 0.4) is 0 Å². The van der Waals surface area contributed by atoms with Crippen molar-refractivity contribution in [3.63, 3.8) is 0 Å². The van der Waals surface area contributed by atoms with Crippen molar-refractivity contribution in [1.29, 1.82) is 0 Å². The second-order valence-corrected chi connectivity index (χ2v) is 7.88. The van der Waals surface area contributed by atoms with E-state index in [0.29, 0.717) is 24.3 Å². The molecule has 1 saturated carbocycles. The molecule has 0 spiro atoms. The van der Waals surface area contributed by atoms with Gasteiger partial charge >= 0.3 is 0 Å². The normalized spacial score (nSPS) is 19.7. The van der Waals surface area contributed by atoms with Crippen molar-refractivity contribution in [3.05, 3.63) is 59.0 Å². The largest absolute Gasteiger partial charge is 0.324 e. The summed E-state index contributed by atoms with van der Waals surface area (Å²) in [6, 6.07) is 5.73. The minimum absolute atomic E-state index is 0.0676. The van der Waals surface area contributed by atoms with Gasteiger partial charge in [-0.05, 0) is 44.4 Å². The van der Waals surface area contributed by atoms with Crippen molar-refractivity contribution in [2.75, 3.05) is 0 Å². The average molecular weight is 396 g/mol. The number of pyridine rings is 1. The SMILES string of the molecule is Cc1cnc(Cc2nc3cnc4ccc(Cl)cc4c3n2[C@@H]2CC[C@H](F)C2)cn1. The second-order valence-electron chi connectivity index (χ2n) is 7.44. The predicted octanol–water partition coefficient (Wildman–Crippen LogP) is 4.99. The lowest BCUT2D eigenvalue weighted by Crippen LogP contribution is -2.11. The summed E-state index contributed by atoms with van der Waals surface area (Å²) in [6.07, 6.45) is 6.96. The molecule has 0 bridgehead atoms. The van der Waals surface area contributed by atoms with Crippen LogP contribution in [0.15, 0.2) is 36.8 Å². The molecular formula is C21H19ClFN5. The van der Waals surface area contributed by atoms with E-state index in [1.807, 2.05) is 25.1 Å². The number of fused-ring (bicyclic) bond motifs is 3. The van der Waals surface area contributed by atoms with Crippen LogP contribution in [0.25, 0.3) is 21.9 Å². The van der Waals surface area contributed by atoms with Crippen LogP contribution in [0.5, 0.6) is 0 Å². The zero-order chi connectivity index (χ0) is 19.3. The molecular weight excluding hydrogens is 377 g/mol. The Morgan fingerprint density at radius 3 is 2.75 bits per heavy atom. The Balaban J connectivity index is 1.73. The third-order valence-corrected chi connectivity index (χ3v) is 5.67. The number of halogens is 2. The van der Waals surface area contributed by atoms with Crippen LogP contribution in [-0.2, 0) is 6.42 Å². The van der Waals surface area contributed by atoms with E-state index >= 15 is 0 Å². The van der Waals surface area contributed by atoms with Crippen LogP contribution in [0.4, 0.5) is 4.39 Å². The van der Waals surface area contributed by atoms with Gasteiger partial charge in [0.05, 0.1) is 28.6 Å². The minimum atomic E-state index is -0.772. The van der Waals surface area contributed by atoms with Gasteiger partial charge in [0.1, 0.15) is 17.5 Å². The fourth-order valence-corrected chi connectivity index (χ4v) is 4.30. The first-order chi connectivity index (χ1) is 13.6. The summed E-state index contributed by atoms with van der Waals surface area (Å²) in [7, 11) is 0. The summed E-state index contributed by atoms with van der Waals surface area (Å²) >= 11 is 6.27. The molecule has 3 aromatic heterocycles. The number of aromatic nitrogens is 5. The van der Waals surface area contributed by atoms with Gasteiger partial charge in [0.25, 0.3) is 0 Å². The topological polar surface area (TPSA) is 56.5 Å². The molecule has 28 heavy (non-hydrogen) atoms. The molecule has 0 radical (unpaired) electrons. The number of imidazole rings is 1. The van der Waals surface area contributed by atoms with Crippen molar-refractivity contribution in [3.8, 4) is 0 Å². The maximum absolute atomic E-state index is 14.1. The lowest BCUT2D eigenvalue weighted by molar-refractivity contribution is 0.330. The first kappa shape index (κ1) is 17.5. The van der Waals surface area contributed by atoms with E-state index in [9.17, 15) is 4.39 Å². The third kappa shape index (κ3) is 3.02. The fourth-order valence-electron chi connectivity index (χ4n) is 4.13. The molecule has 3 heterocycles. The van der Waals surface area contributed by atoms with E-state index in [4.69, 9.17) is 16.6 Å². The van der Waals surface area contributed by atoms with Gasteiger partial charge in [-0.3, -0.25) is 15.0 Å². The lowest BCUT2D eigenvalue weighted by Gasteiger charge is -2.17. The standard InChI is InChI=1S/C21H19ClFN5/c1-12-9-25-15(10-24-12)8-20-27-19-11-26-18-5-2-13(22)6-17(18)21(19)28(20)16-4-3-14(23)7-16/h2,5-6,9-11,14,16H,3-4,7-8H2,1H3/t14-,16+/m0/s1. The van der Waals surface area contributed by atoms with E-state index in [1.54, 1.807) is 18.6 Å². The maximum atomic E-state index is 14.1. The number of hydrogen-bond acceptors (Lipinski definition) is 4. The van der Waals surface area contributed by atoms with Crippen LogP contribution in [0.2, 0.25) is 5.02 Å². The molecule has 0 saturated heterocycles. The van der Waals surface area contributed by atoms with Crippen molar-refractivity contribution >= 4 is 33.5 Å². The van der Waals surface area contributed by atoms with Gasteiger partial charge in [-0.15, -0.1) is 0 Å². The molecule has 2 atom stereocenters. The van der Waals surface area contributed by atoms with Crippen molar-refractivity contribution in [1.82, 2.24) is 24.5 Å². The molecule has 0 N–H and O–H groups in total. The molecule has 1 aromatic carbocycles. The van der Waals surface area contributed by atoms with Gasteiger partial charge < -0.3 is 4.57 Å². The average Bonchev–Trinajstić information content (AvgIpc) is 3.26. The smallest absolute Gasteiger partial charge is 0.116 e. The van der Waals surface area contributed by atoms with Crippen LogP contribution in [0, 0.1) is 6.92 Å². The molecule has 0 aliphatic heterocycles.